The maximum Gasteiger partial charge on any atom is 0.263 e. The number of fused-ring (bicyclic) bond motifs is 1. The molecular formula is C20H16ClFN2O2S2. The van der Waals surface area contributed by atoms with Gasteiger partial charge in [-0.1, -0.05) is 29.4 Å². The van der Waals surface area contributed by atoms with Crippen LogP contribution >= 0.6 is 34.7 Å². The van der Waals surface area contributed by atoms with Crippen LogP contribution in [0.3, 0.4) is 0 Å². The molecule has 0 saturated carbocycles. The van der Waals surface area contributed by atoms with E-state index in [1.807, 2.05) is 19.9 Å². The van der Waals surface area contributed by atoms with Crippen molar-refractivity contribution in [3.05, 3.63) is 79.6 Å². The van der Waals surface area contributed by atoms with Crippen molar-refractivity contribution < 1.29 is 8.81 Å². The number of thioether (sulfide) groups is 1. The van der Waals surface area contributed by atoms with E-state index in [4.69, 9.17) is 21.0 Å². The predicted octanol–water partition coefficient (Wildman–Crippen LogP) is 5.80. The first-order valence-electron chi connectivity index (χ1n) is 8.54. The Morgan fingerprint density at radius 2 is 2.11 bits per heavy atom. The Labute approximate surface area is 174 Å². The van der Waals surface area contributed by atoms with E-state index < -0.39 is 0 Å². The summed E-state index contributed by atoms with van der Waals surface area (Å²) in [5.41, 5.74) is 1.22. The minimum atomic E-state index is -0.371. The molecule has 28 heavy (non-hydrogen) atoms. The molecule has 0 aliphatic heterocycles. The van der Waals surface area contributed by atoms with E-state index in [0.717, 1.165) is 10.4 Å². The van der Waals surface area contributed by atoms with Gasteiger partial charge in [0.15, 0.2) is 5.16 Å². The molecule has 0 spiro atoms. The molecule has 8 heteroatoms. The summed E-state index contributed by atoms with van der Waals surface area (Å²) < 4.78 is 21.2. The molecule has 3 heterocycles. The molecule has 3 aromatic heterocycles. The van der Waals surface area contributed by atoms with Gasteiger partial charge in [-0.05, 0) is 43.7 Å². The Hall–Kier alpha value is -2.09. The SMILES string of the molecule is Cc1sc2nc(SCc3c(F)cccc3Cl)n(Cc3ccco3)c(=O)c2c1C. The predicted molar refractivity (Wildman–Crippen MR) is 112 cm³/mol. The highest BCUT2D eigenvalue weighted by molar-refractivity contribution is 7.98. The first-order valence-corrected chi connectivity index (χ1v) is 10.7. The van der Waals surface area contributed by atoms with Crippen molar-refractivity contribution >= 4 is 44.9 Å². The normalized spacial score (nSPS) is 11.4. The van der Waals surface area contributed by atoms with Crippen molar-refractivity contribution in [2.24, 2.45) is 0 Å². The summed E-state index contributed by atoms with van der Waals surface area (Å²) in [7, 11) is 0. The van der Waals surface area contributed by atoms with Gasteiger partial charge in [-0.3, -0.25) is 9.36 Å². The number of hydrogen-bond donors (Lipinski definition) is 0. The summed E-state index contributed by atoms with van der Waals surface area (Å²) >= 11 is 8.92. The lowest BCUT2D eigenvalue weighted by Crippen LogP contribution is -2.23. The molecule has 4 rings (SSSR count). The molecule has 4 aromatic rings. The zero-order valence-electron chi connectivity index (χ0n) is 15.2. The summed E-state index contributed by atoms with van der Waals surface area (Å²) in [6.07, 6.45) is 1.57. The third kappa shape index (κ3) is 3.50. The maximum atomic E-state index is 14.1. The van der Waals surface area contributed by atoms with Crippen LogP contribution in [0.15, 0.2) is 51.0 Å². The molecule has 4 nitrogen and oxygen atoms in total. The molecule has 0 radical (unpaired) electrons. The molecule has 0 N–H and O–H groups in total. The molecule has 0 aliphatic carbocycles. The lowest BCUT2D eigenvalue weighted by molar-refractivity contribution is 0.476. The number of aromatic nitrogens is 2. The van der Waals surface area contributed by atoms with Crippen molar-refractivity contribution in [3.63, 3.8) is 0 Å². The monoisotopic (exact) mass is 434 g/mol. The highest BCUT2D eigenvalue weighted by atomic mass is 35.5. The van der Waals surface area contributed by atoms with Crippen molar-refractivity contribution in [1.82, 2.24) is 9.55 Å². The minimum Gasteiger partial charge on any atom is -0.467 e. The molecule has 0 amide bonds. The van der Waals surface area contributed by atoms with Gasteiger partial charge >= 0.3 is 0 Å². The zero-order valence-corrected chi connectivity index (χ0v) is 17.6. The van der Waals surface area contributed by atoms with Gasteiger partial charge in [0.25, 0.3) is 5.56 Å². The summed E-state index contributed by atoms with van der Waals surface area (Å²) in [6, 6.07) is 8.18. The van der Waals surface area contributed by atoms with Gasteiger partial charge in [0.2, 0.25) is 0 Å². The van der Waals surface area contributed by atoms with E-state index >= 15 is 0 Å². The second-order valence-corrected chi connectivity index (χ2v) is 8.87. The van der Waals surface area contributed by atoms with Crippen LogP contribution in [0.5, 0.6) is 0 Å². The quantitative estimate of drug-likeness (QED) is 0.294. The van der Waals surface area contributed by atoms with Gasteiger partial charge in [0, 0.05) is 21.2 Å². The maximum absolute atomic E-state index is 14.1. The first kappa shape index (κ1) is 19.2. The average Bonchev–Trinajstić information content (AvgIpc) is 3.26. The summed E-state index contributed by atoms with van der Waals surface area (Å²) in [4.78, 5) is 19.7. The number of hydrogen-bond acceptors (Lipinski definition) is 5. The number of halogens is 2. The van der Waals surface area contributed by atoms with Gasteiger partial charge in [-0.15, -0.1) is 11.3 Å². The summed E-state index contributed by atoms with van der Waals surface area (Å²) in [5.74, 6) is 0.549. The fourth-order valence-corrected chi connectivity index (χ4v) is 5.34. The molecule has 0 saturated heterocycles. The number of aryl methyl sites for hydroxylation is 2. The highest BCUT2D eigenvalue weighted by Crippen LogP contribution is 2.31. The molecule has 0 unspecified atom stereocenters. The van der Waals surface area contributed by atoms with Crippen LogP contribution in [0.25, 0.3) is 10.2 Å². The Morgan fingerprint density at radius 1 is 1.29 bits per heavy atom. The van der Waals surface area contributed by atoms with E-state index in [0.29, 0.717) is 31.7 Å². The second-order valence-electron chi connectivity index (χ2n) is 6.32. The van der Waals surface area contributed by atoms with Gasteiger partial charge < -0.3 is 4.42 Å². The van der Waals surface area contributed by atoms with Gasteiger partial charge in [0.1, 0.15) is 16.4 Å². The molecular weight excluding hydrogens is 419 g/mol. The van der Waals surface area contributed by atoms with Gasteiger partial charge in [-0.25, -0.2) is 9.37 Å². The van der Waals surface area contributed by atoms with Crippen LogP contribution in [0.4, 0.5) is 4.39 Å². The number of thiophene rings is 1. The molecule has 0 fully saturated rings. The fourth-order valence-electron chi connectivity index (χ4n) is 2.92. The summed E-state index contributed by atoms with van der Waals surface area (Å²) in [5, 5.41) is 1.49. The molecule has 144 valence electrons. The van der Waals surface area contributed by atoms with Crippen LogP contribution in [0.1, 0.15) is 21.8 Å². The van der Waals surface area contributed by atoms with Crippen LogP contribution in [-0.4, -0.2) is 9.55 Å². The third-order valence-corrected chi connectivity index (χ3v) is 7.01. The van der Waals surface area contributed by atoms with E-state index in [1.165, 1.54) is 29.2 Å². The smallest absolute Gasteiger partial charge is 0.263 e. The second kappa shape index (κ2) is 7.73. The van der Waals surface area contributed by atoms with Crippen molar-refractivity contribution in [2.75, 3.05) is 0 Å². The third-order valence-electron chi connectivity index (χ3n) is 4.56. The number of benzene rings is 1. The zero-order chi connectivity index (χ0) is 19.8. The molecule has 0 atom stereocenters. The fraction of sp³-hybridized carbons (Fsp3) is 0.200. The number of nitrogens with zero attached hydrogens (tertiary/aromatic N) is 2. The van der Waals surface area contributed by atoms with Crippen molar-refractivity contribution in [1.29, 1.82) is 0 Å². The molecule has 1 aromatic carbocycles. The van der Waals surface area contributed by atoms with Gasteiger partial charge in [0.05, 0.1) is 18.2 Å². The van der Waals surface area contributed by atoms with E-state index in [2.05, 4.69) is 0 Å². The molecule has 0 bridgehead atoms. The lowest BCUT2D eigenvalue weighted by Gasteiger charge is -2.12. The first-order chi connectivity index (χ1) is 13.5. The minimum absolute atomic E-state index is 0.120. The highest BCUT2D eigenvalue weighted by Gasteiger charge is 2.18. The standard InChI is InChI=1S/C20H16ClFN2O2S2/c1-11-12(2)28-18-17(11)19(25)24(9-13-5-4-8-26-13)20(23-18)27-10-14-15(21)6-3-7-16(14)22/h3-8H,9-10H2,1-2H3. The van der Waals surface area contributed by atoms with Crippen LogP contribution in [-0.2, 0) is 12.3 Å². The number of furan rings is 1. The van der Waals surface area contributed by atoms with Crippen LogP contribution in [0.2, 0.25) is 5.02 Å². The Balaban J connectivity index is 1.80. The van der Waals surface area contributed by atoms with Crippen LogP contribution in [0, 0.1) is 19.7 Å². The van der Waals surface area contributed by atoms with Gasteiger partial charge in [-0.2, -0.15) is 0 Å². The Kier molecular flexibility index (Phi) is 5.31. The van der Waals surface area contributed by atoms with Crippen molar-refractivity contribution in [3.8, 4) is 0 Å². The molecule has 0 aliphatic rings. The van der Waals surface area contributed by atoms with E-state index in [-0.39, 0.29) is 23.7 Å². The van der Waals surface area contributed by atoms with Crippen molar-refractivity contribution in [2.45, 2.75) is 31.3 Å². The topological polar surface area (TPSA) is 48.0 Å². The van der Waals surface area contributed by atoms with E-state index in [9.17, 15) is 9.18 Å². The van der Waals surface area contributed by atoms with E-state index in [1.54, 1.807) is 29.0 Å². The average molecular weight is 435 g/mol. The number of rotatable bonds is 5. The lowest BCUT2D eigenvalue weighted by atomic mass is 10.2. The Morgan fingerprint density at radius 3 is 2.82 bits per heavy atom. The summed E-state index contributed by atoms with van der Waals surface area (Å²) in [6.45, 7) is 4.17. The largest absolute Gasteiger partial charge is 0.467 e. The van der Waals surface area contributed by atoms with Crippen LogP contribution < -0.4 is 5.56 Å². The Bertz CT molecular complexity index is 1200.